The van der Waals surface area contributed by atoms with Gasteiger partial charge >= 0.3 is 0 Å². The van der Waals surface area contributed by atoms with Crippen LogP contribution in [0.1, 0.15) is 25.3 Å². The maximum absolute atomic E-state index is 12.0. The van der Waals surface area contributed by atoms with E-state index in [-0.39, 0.29) is 5.91 Å². The molecule has 18 heavy (non-hydrogen) atoms. The first-order chi connectivity index (χ1) is 8.54. The highest BCUT2D eigenvalue weighted by Crippen LogP contribution is 2.16. The van der Waals surface area contributed by atoms with Crippen molar-refractivity contribution < 1.29 is 4.79 Å². The lowest BCUT2D eigenvalue weighted by Gasteiger charge is -2.23. The largest absolute Gasteiger partial charge is 0.312 e. The third kappa shape index (κ3) is 4.49. The lowest BCUT2D eigenvalue weighted by atomic mass is 10.2. The van der Waals surface area contributed by atoms with Crippen LogP contribution in [0.15, 0.2) is 24.3 Å². The zero-order chi connectivity index (χ0) is 13.5. The first-order valence-corrected chi connectivity index (χ1v) is 6.56. The van der Waals surface area contributed by atoms with Gasteiger partial charge in [0.25, 0.3) is 0 Å². The summed E-state index contributed by atoms with van der Waals surface area (Å²) < 4.78 is 0. The van der Waals surface area contributed by atoms with Gasteiger partial charge in [0.2, 0.25) is 5.91 Å². The predicted octanol–water partition coefficient (Wildman–Crippen LogP) is 2.69. The van der Waals surface area contributed by atoms with Crippen LogP contribution in [0.5, 0.6) is 0 Å². The standard InChI is InChI=1S/C15H24N2O/c1-5-15(18)17(12-6-11-16(3)4)14-9-7-13(2)8-10-14/h7-10H,5-6,11-12H2,1-4H3. The number of hydrogen-bond acceptors (Lipinski definition) is 2. The smallest absolute Gasteiger partial charge is 0.226 e. The van der Waals surface area contributed by atoms with E-state index in [0.29, 0.717) is 6.42 Å². The zero-order valence-corrected chi connectivity index (χ0v) is 11.9. The fourth-order valence-electron chi connectivity index (χ4n) is 1.86. The number of aryl methyl sites for hydroxylation is 1. The molecule has 0 atom stereocenters. The molecular formula is C15H24N2O. The van der Waals surface area contributed by atoms with Crippen molar-refractivity contribution in [3.05, 3.63) is 29.8 Å². The topological polar surface area (TPSA) is 23.6 Å². The molecule has 0 aliphatic rings. The molecule has 0 saturated heterocycles. The van der Waals surface area contributed by atoms with Gasteiger partial charge < -0.3 is 9.80 Å². The SMILES string of the molecule is CCC(=O)N(CCCN(C)C)c1ccc(C)cc1. The minimum atomic E-state index is 0.192. The van der Waals surface area contributed by atoms with Crippen LogP contribution >= 0.6 is 0 Å². The molecule has 1 aromatic rings. The van der Waals surface area contributed by atoms with Crippen LogP contribution in [0.25, 0.3) is 0 Å². The minimum absolute atomic E-state index is 0.192. The van der Waals surface area contributed by atoms with Crippen LogP contribution in [0.4, 0.5) is 5.69 Å². The second kappa shape index (κ2) is 7.17. The van der Waals surface area contributed by atoms with Crippen LogP contribution in [-0.4, -0.2) is 38.0 Å². The highest BCUT2D eigenvalue weighted by atomic mass is 16.2. The van der Waals surface area contributed by atoms with Crippen LogP contribution in [-0.2, 0) is 4.79 Å². The Balaban J connectivity index is 2.72. The van der Waals surface area contributed by atoms with Crippen LogP contribution in [0.2, 0.25) is 0 Å². The van der Waals surface area contributed by atoms with E-state index < -0.39 is 0 Å². The zero-order valence-electron chi connectivity index (χ0n) is 11.9. The monoisotopic (exact) mass is 248 g/mol. The summed E-state index contributed by atoms with van der Waals surface area (Å²) in [6.07, 6.45) is 1.54. The maximum atomic E-state index is 12.0. The van der Waals surface area contributed by atoms with Crippen molar-refractivity contribution in [2.24, 2.45) is 0 Å². The highest BCUT2D eigenvalue weighted by molar-refractivity contribution is 5.93. The van der Waals surface area contributed by atoms with E-state index >= 15 is 0 Å². The summed E-state index contributed by atoms with van der Waals surface area (Å²) in [5.74, 6) is 0.192. The predicted molar refractivity (Wildman–Crippen MR) is 77.0 cm³/mol. The molecule has 0 fully saturated rings. The number of nitrogens with zero attached hydrogens (tertiary/aromatic N) is 2. The average Bonchev–Trinajstić information content (AvgIpc) is 2.35. The molecular weight excluding hydrogens is 224 g/mol. The van der Waals surface area contributed by atoms with E-state index in [2.05, 4.69) is 38.1 Å². The Kier molecular flexibility index (Phi) is 5.86. The number of benzene rings is 1. The molecule has 0 saturated carbocycles. The molecule has 0 aliphatic heterocycles. The van der Waals surface area contributed by atoms with Crippen molar-refractivity contribution in [3.63, 3.8) is 0 Å². The molecule has 1 aromatic carbocycles. The average molecular weight is 248 g/mol. The number of hydrogen-bond donors (Lipinski definition) is 0. The van der Waals surface area contributed by atoms with Gasteiger partial charge in [-0.2, -0.15) is 0 Å². The molecule has 1 rings (SSSR count). The lowest BCUT2D eigenvalue weighted by molar-refractivity contribution is -0.118. The van der Waals surface area contributed by atoms with Crippen molar-refractivity contribution in [1.82, 2.24) is 4.90 Å². The van der Waals surface area contributed by atoms with Crippen LogP contribution in [0, 0.1) is 6.92 Å². The van der Waals surface area contributed by atoms with Crippen LogP contribution < -0.4 is 4.90 Å². The van der Waals surface area contributed by atoms with Gasteiger partial charge in [-0.05, 0) is 46.1 Å². The lowest BCUT2D eigenvalue weighted by Crippen LogP contribution is -2.32. The van der Waals surface area contributed by atoms with Crippen molar-refractivity contribution in [3.8, 4) is 0 Å². The van der Waals surface area contributed by atoms with E-state index in [1.54, 1.807) is 0 Å². The first kappa shape index (κ1) is 14.7. The normalized spacial score (nSPS) is 10.7. The highest BCUT2D eigenvalue weighted by Gasteiger charge is 2.13. The van der Waals surface area contributed by atoms with E-state index in [9.17, 15) is 4.79 Å². The van der Waals surface area contributed by atoms with Gasteiger partial charge in [-0.1, -0.05) is 24.6 Å². The Bertz CT molecular complexity index is 371. The number of carbonyl (C=O) groups is 1. The molecule has 3 heteroatoms. The third-order valence-electron chi connectivity index (χ3n) is 2.94. The molecule has 3 nitrogen and oxygen atoms in total. The molecule has 0 aromatic heterocycles. The quantitative estimate of drug-likeness (QED) is 0.773. The Hall–Kier alpha value is -1.35. The fraction of sp³-hybridized carbons (Fsp3) is 0.533. The minimum Gasteiger partial charge on any atom is -0.312 e. The van der Waals surface area contributed by atoms with Crippen molar-refractivity contribution in [1.29, 1.82) is 0 Å². The van der Waals surface area contributed by atoms with Gasteiger partial charge in [-0.3, -0.25) is 4.79 Å². The van der Waals surface area contributed by atoms with Gasteiger partial charge in [0.05, 0.1) is 0 Å². The fourth-order valence-corrected chi connectivity index (χ4v) is 1.86. The van der Waals surface area contributed by atoms with E-state index in [0.717, 1.165) is 25.2 Å². The molecule has 0 unspecified atom stereocenters. The van der Waals surface area contributed by atoms with E-state index in [1.807, 2.05) is 24.0 Å². The molecule has 0 heterocycles. The third-order valence-corrected chi connectivity index (χ3v) is 2.94. The number of rotatable bonds is 6. The maximum Gasteiger partial charge on any atom is 0.226 e. The summed E-state index contributed by atoms with van der Waals surface area (Å²) in [6.45, 7) is 5.75. The van der Waals surface area contributed by atoms with Crippen molar-refractivity contribution in [2.45, 2.75) is 26.7 Å². The summed E-state index contributed by atoms with van der Waals surface area (Å²) in [5, 5.41) is 0. The second-order valence-electron chi connectivity index (χ2n) is 4.89. The molecule has 0 radical (unpaired) electrons. The Morgan fingerprint density at radius 2 is 1.72 bits per heavy atom. The van der Waals surface area contributed by atoms with Crippen molar-refractivity contribution >= 4 is 11.6 Å². The van der Waals surface area contributed by atoms with Crippen LogP contribution in [0.3, 0.4) is 0 Å². The molecule has 1 amide bonds. The second-order valence-corrected chi connectivity index (χ2v) is 4.89. The summed E-state index contributed by atoms with van der Waals surface area (Å²) in [6, 6.07) is 8.16. The van der Waals surface area contributed by atoms with Gasteiger partial charge in [0, 0.05) is 18.7 Å². The van der Waals surface area contributed by atoms with Gasteiger partial charge in [-0.25, -0.2) is 0 Å². The number of anilines is 1. The number of amides is 1. The molecule has 0 N–H and O–H groups in total. The van der Waals surface area contributed by atoms with Gasteiger partial charge in [0.1, 0.15) is 0 Å². The first-order valence-electron chi connectivity index (χ1n) is 6.56. The van der Waals surface area contributed by atoms with E-state index in [4.69, 9.17) is 0 Å². The Morgan fingerprint density at radius 1 is 1.11 bits per heavy atom. The summed E-state index contributed by atoms with van der Waals surface area (Å²) in [4.78, 5) is 16.0. The summed E-state index contributed by atoms with van der Waals surface area (Å²) >= 11 is 0. The Labute approximate surface area is 110 Å². The molecule has 0 spiro atoms. The molecule has 0 aliphatic carbocycles. The van der Waals surface area contributed by atoms with E-state index in [1.165, 1.54) is 5.56 Å². The van der Waals surface area contributed by atoms with Gasteiger partial charge in [0.15, 0.2) is 0 Å². The summed E-state index contributed by atoms with van der Waals surface area (Å²) in [7, 11) is 4.11. The number of carbonyl (C=O) groups excluding carboxylic acids is 1. The molecule has 0 bridgehead atoms. The van der Waals surface area contributed by atoms with Gasteiger partial charge in [-0.15, -0.1) is 0 Å². The summed E-state index contributed by atoms with van der Waals surface area (Å²) in [5.41, 5.74) is 2.22. The molecule has 100 valence electrons. The van der Waals surface area contributed by atoms with Crippen molar-refractivity contribution in [2.75, 3.05) is 32.1 Å². The Morgan fingerprint density at radius 3 is 2.22 bits per heavy atom.